The minimum Gasteiger partial charge on any atom is -0.477 e. The van der Waals surface area contributed by atoms with E-state index in [1.165, 1.54) is 18.6 Å². The monoisotopic (exact) mass is 384 g/mol. The van der Waals surface area contributed by atoms with E-state index < -0.39 is 12.4 Å². The molecule has 1 heterocycles. The predicted molar refractivity (Wildman–Crippen MR) is 104 cm³/mol. The van der Waals surface area contributed by atoms with E-state index in [4.69, 9.17) is 0 Å². The van der Waals surface area contributed by atoms with E-state index in [9.17, 15) is 18.7 Å². The Morgan fingerprint density at radius 1 is 1.18 bits per heavy atom. The molecule has 2 N–H and O–H groups in total. The minimum absolute atomic E-state index is 0.0577. The number of carbonyl (C=O) groups is 1. The SMILES string of the molecule is O=C(O)c1c(CNC2CCC2)c2ccccc2n1Cc1cccc(C(F)F)c1. The van der Waals surface area contributed by atoms with E-state index in [-0.39, 0.29) is 17.8 Å². The molecular formula is C22H22F2N2O2. The number of rotatable bonds is 7. The van der Waals surface area contributed by atoms with Crippen LogP contribution in [0.25, 0.3) is 10.9 Å². The van der Waals surface area contributed by atoms with Gasteiger partial charge < -0.3 is 15.0 Å². The van der Waals surface area contributed by atoms with Gasteiger partial charge in [-0.05, 0) is 30.5 Å². The summed E-state index contributed by atoms with van der Waals surface area (Å²) in [5.41, 5.74) is 2.36. The van der Waals surface area contributed by atoms with E-state index in [2.05, 4.69) is 5.32 Å². The number of benzene rings is 2. The fourth-order valence-electron chi connectivity index (χ4n) is 3.83. The Morgan fingerprint density at radius 3 is 2.64 bits per heavy atom. The lowest BCUT2D eigenvalue weighted by Crippen LogP contribution is -2.34. The first-order valence-corrected chi connectivity index (χ1v) is 9.48. The van der Waals surface area contributed by atoms with Crippen molar-refractivity contribution >= 4 is 16.9 Å². The molecule has 0 unspecified atom stereocenters. The maximum atomic E-state index is 13.1. The van der Waals surface area contributed by atoms with E-state index in [0.717, 1.165) is 29.3 Å². The van der Waals surface area contributed by atoms with Gasteiger partial charge in [0.05, 0.1) is 0 Å². The van der Waals surface area contributed by atoms with Crippen LogP contribution in [0.15, 0.2) is 48.5 Å². The van der Waals surface area contributed by atoms with Gasteiger partial charge >= 0.3 is 5.97 Å². The Labute approximate surface area is 161 Å². The second-order valence-corrected chi connectivity index (χ2v) is 7.29. The summed E-state index contributed by atoms with van der Waals surface area (Å²) in [5.74, 6) is -1.01. The van der Waals surface area contributed by atoms with Gasteiger partial charge in [0.1, 0.15) is 5.69 Å². The maximum Gasteiger partial charge on any atom is 0.352 e. The van der Waals surface area contributed by atoms with Crippen molar-refractivity contribution in [3.63, 3.8) is 0 Å². The first-order chi connectivity index (χ1) is 13.5. The van der Waals surface area contributed by atoms with Crippen molar-refractivity contribution < 1.29 is 18.7 Å². The van der Waals surface area contributed by atoms with Crippen LogP contribution in [0, 0.1) is 0 Å². The molecule has 0 amide bonds. The van der Waals surface area contributed by atoms with Gasteiger partial charge in [-0.3, -0.25) is 0 Å². The van der Waals surface area contributed by atoms with E-state index in [1.54, 1.807) is 16.7 Å². The van der Waals surface area contributed by atoms with E-state index in [1.807, 2.05) is 24.3 Å². The molecular weight excluding hydrogens is 362 g/mol. The average Bonchev–Trinajstić information content (AvgIpc) is 2.95. The van der Waals surface area contributed by atoms with Gasteiger partial charge in [0, 0.05) is 41.2 Å². The molecule has 1 fully saturated rings. The molecule has 1 aromatic heterocycles. The number of hydrogen-bond acceptors (Lipinski definition) is 2. The van der Waals surface area contributed by atoms with Crippen LogP contribution in [0.2, 0.25) is 0 Å². The Balaban J connectivity index is 1.77. The smallest absolute Gasteiger partial charge is 0.352 e. The number of fused-ring (bicyclic) bond motifs is 1. The van der Waals surface area contributed by atoms with Gasteiger partial charge in [-0.25, -0.2) is 13.6 Å². The largest absolute Gasteiger partial charge is 0.477 e. The lowest BCUT2D eigenvalue weighted by atomic mass is 9.93. The van der Waals surface area contributed by atoms with Crippen LogP contribution in [0.4, 0.5) is 8.78 Å². The van der Waals surface area contributed by atoms with Gasteiger partial charge in [-0.1, -0.05) is 42.8 Å². The summed E-state index contributed by atoms with van der Waals surface area (Å²) >= 11 is 0. The molecule has 6 heteroatoms. The molecule has 0 atom stereocenters. The molecule has 0 aliphatic heterocycles. The van der Waals surface area contributed by atoms with Crippen molar-refractivity contribution in [1.29, 1.82) is 0 Å². The first-order valence-electron chi connectivity index (χ1n) is 9.48. The fraction of sp³-hybridized carbons (Fsp3) is 0.318. The number of alkyl halides is 2. The molecule has 146 valence electrons. The highest BCUT2D eigenvalue weighted by atomic mass is 19.3. The van der Waals surface area contributed by atoms with Crippen molar-refractivity contribution in [2.75, 3.05) is 0 Å². The van der Waals surface area contributed by atoms with Crippen LogP contribution in [-0.4, -0.2) is 21.7 Å². The minimum atomic E-state index is -2.55. The zero-order chi connectivity index (χ0) is 19.7. The summed E-state index contributed by atoms with van der Waals surface area (Å²) in [5, 5.41) is 14.3. The van der Waals surface area contributed by atoms with Crippen LogP contribution in [0.5, 0.6) is 0 Å². The van der Waals surface area contributed by atoms with Gasteiger partial charge in [0.15, 0.2) is 0 Å². The Kier molecular flexibility index (Phi) is 5.13. The molecule has 2 aromatic carbocycles. The highest BCUT2D eigenvalue weighted by molar-refractivity contribution is 5.98. The number of hydrogen-bond donors (Lipinski definition) is 2. The molecule has 0 spiro atoms. The highest BCUT2D eigenvalue weighted by Crippen LogP contribution is 2.29. The third-order valence-electron chi connectivity index (χ3n) is 5.49. The number of aromatic carboxylic acids is 1. The molecule has 1 saturated carbocycles. The summed E-state index contributed by atoms with van der Waals surface area (Å²) in [6.45, 7) is 0.711. The lowest BCUT2D eigenvalue weighted by Gasteiger charge is -2.26. The Hall–Kier alpha value is -2.73. The van der Waals surface area contributed by atoms with Crippen molar-refractivity contribution in [2.45, 2.75) is 44.8 Å². The Morgan fingerprint density at radius 2 is 1.96 bits per heavy atom. The molecule has 1 aliphatic rings. The predicted octanol–water partition coefficient (Wildman–Crippen LogP) is 4.97. The van der Waals surface area contributed by atoms with Gasteiger partial charge in [0.25, 0.3) is 6.43 Å². The Bertz CT molecular complexity index is 1010. The molecule has 0 saturated heterocycles. The fourth-order valence-corrected chi connectivity index (χ4v) is 3.83. The van der Waals surface area contributed by atoms with Crippen molar-refractivity contribution in [2.24, 2.45) is 0 Å². The third kappa shape index (κ3) is 3.52. The van der Waals surface area contributed by atoms with Crippen LogP contribution in [0.3, 0.4) is 0 Å². The topological polar surface area (TPSA) is 54.3 Å². The zero-order valence-corrected chi connectivity index (χ0v) is 15.4. The molecule has 0 bridgehead atoms. The zero-order valence-electron chi connectivity index (χ0n) is 15.4. The van der Waals surface area contributed by atoms with Crippen LogP contribution in [0.1, 0.15) is 52.9 Å². The average molecular weight is 384 g/mol. The summed E-state index contributed by atoms with van der Waals surface area (Å²) in [6, 6.07) is 14.2. The normalized spacial score (nSPS) is 14.5. The van der Waals surface area contributed by atoms with Gasteiger partial charge in [0.2, 0.25) is 0 Å². The second kappa shape index (κ2) is 7.72. The van der Waals surface area contributed by atoms with E-state index in [0.29, 0.717) is 18.2 Å². The van der Waals surface area contributed by atoms with Crippen LogP contribution < -0.4 is 5.32 Å². The number of nitrogens with one attached hydrogen (secondary N) is 1. The van der Waals surface area contributed by atoms with Crippen LogP contribution >= 0.6 is 0 Å². The lowest BCUT2D eigenvalue weighted by molar-refractivity contribution is 0.0684. The number of halogens is 2. The molecule has 1 aliphatic carbocycles. The van der Waals surface area contributed by atoms with Crippen molar-refractivity contribution in [3.05, 3.63) is 70.9 Å². The molecule has 0 radical (unpaired) electrons. The first kappa shape index (κ1) is 18.6. The second-order valence-electron chi connectivity index (χ2n) is 7.29. The van der Waals surface area contributed by atoms with Crippen molar-refractivity contribution in [3.8, 4) is 0 Å². The van der Waals surface area contributed by atoms with E-state index >= 15 is 0 Å². The summed E-state index contributed by atoms with van der Waals surface area (Å²) in [7, 11) is 0. The number of aromatic nitrogens is 1. The molecule has 4 nitrogen and oxygen atoms in total. The number of para-hydroxylation sites is 1. The van der Waals surface area contributed by atoms with Gasteiger partial charge in [-0.2, -0.15) is 0 Å². The number of nitrogens with zero attached hydrogens (tertiary/aromatic N) is 1. The van der Waals surface area contributed by atoms with Gasteiger partial charge in [-0.15, -0.1) is 0 Å². The summed E-state index contributed by atoms with van der Waals surface area (Å²) in [4.78, 5) is 12.1. The molecule has 3 aromatic rings. The summed E-state index contributed by atoms with van der Waals surface area (Å²) in [6.07, 6.45) is 0.872. The van der Waals surface area contributed by atoms with Crippen LogP contribution in [-0.2, 0) is 13.1 Å². The standard InChI is InChI=1S/C22H22F2N2O2/c23-21(24)15-6-3-5-14(11-15)13-26-19-10-2-1-9-17(19)18(20(26)22(27)28)12-25-16-7-4-8-16/h1-3,5-6,9-11,16,21,25H,4,7-8,12-13H2,(H,27,28). The number of carboxylic acids is 1. The number of carboxylic acid groups (broad SMARTS) is 1. The highest BCUT2D eigenvalue weighted by Gasteiger charge is 2.24. The molecule has 4 rings (SSSR count). The quantitative estimate of drug-likeness (QED) is 0.605. The third-order valence-corrected chi connectivity index (χ3v) is 5.49. The summed E-state index contributed by atoms with van der Waals surface area (Å²) < 4.78 is 27.8. The maximum absolute atomic E-state index is 13.1. The van der Waals surface area contributed by atoms with Crippen molar-refractivity contribution in [1.82, 2.24) is 9.88 Å². The molecule has 28 heavy (non-hydrogen) atoms.